The predicted molar refractivity (Wildman–Crippen MR) is 65.6 cm³/mol. The number of hydrogen-bond donors (Lipinski definition) is 1. The zero-order valence-electron chi connectivity index (χ0n) is 11.2. The predicted octanol–water partition coefficient (Wildman–Crippen LogP) is 2.32. The van der Waals surface area contributed by atoms with Gasteiger partial charge in [0.1, 0.15) is 0 Å². The number of nitrogens with zero attached hydrogens (tertiary/aromatic N) is 1. The molecule has 1 N–H and O–H groups in total. The van der Waals surface area contributed by atoms with E-state index in [9.17, 15) is 18.0 Å². The zero-order valence-corrected chi connectivity index (χ0v) is 11.2. The fraction of sp³-hybridized carbons (Fsp3) is 0.923. The number of nitrogens with one attached hydrogen (secondary N) is 1. The molecule has 2 fully saturated rings. The molecule has 6 heteroatoms. The molecule has 0 saturated carbocycles. The highest BCUT2D eigenvalue weighted by Crippen LogP contribution is 2.35. The highest BCUT2D eigenvalue weighted by Gasteiger charge is 2.44. The molecule has 0 spiro atoms. The Labute approximate surface area is 111 Å². The molecule has 0 radical (unpaired) electrons. The molecule has 2 saturated heterocycles. The number of hydrogen-bond acceptors (Lipinski definition) is 2. The van der Waals surface area contributed by atoms with Crippen molar-refractivity contribution in [2.45, 2.75) is 50.7 Å². The summed E-state index contributed by atoms with van der Waals surface area (Å²) < 4.78 is 37.8. The van der Waals surface area contributed by atoms with E-state index in [0.29, 0.717) is 0 Å². The number of amides is 1. The van der Waals surface area contributed by atoms with Crippen LogP contribution in [0.3, 0.4) is 0 Å². The summed E-state index contributed by atoms with van der Waals surface area (Å²) in [6, 6.07) is 0. The van der Waals surface area contributed by atoms with Crippen molar-refractivity contribution in [2.75, 3.05) is 19.6 Å². The van der Waals surface area contributed by atoms with E-state index in [2.05, 4.69) is 5.32 Å². The molecule has 2 aliphatic heterocycles. The van der Waals surface area contributed by atoms with E-state index < -0.39 is 17.6 Å². The van der Waals surface area contributed by atoms with Gasteiger partial charge in [-0.15, -0.1) is 0 Å². The molecule has 2 aliphatic rings. The smallest absolute Gasteiger partial charge is 0.341 e. The Hall–Kier alpha value is -0.780. The lowest BCUT2D eigenvalue weighted by atomic mass is 9.88. The maximum Gasteiger partial charge on any atom is 0.391 e. The second-order valence-corrected chi connectivity index (χ2v) is 5.82. The molecule has 0 aliphatic carbocycles. The van der Waals surface area contributed by atoms with Crippen LogP contribution < -0.4 is 5.32 Å². The van der Waals surface area contributed by atoms with E-state index in [1.807, 2.05) is 6.92 Å². The monoisotopic (exact) mass is 278 g/mol. The first kappa shape index (κ1) is 14.6. The van der Waals surface area contributed by atoms with Crippen molar-refractivity contribution in [3.05, 3.63) is 0 Å². The molecule has 110 valence electrons. The molecule has 1 amide bonds. The maximum absolute atomic E-state index is 12.6. The van der Waals surface area contributed by atoms with Gasteiger partial charge < -0.3 is 10.2 Å². The Kier molecular flexibility index (Phi) is 4.08. The van der Waals surface area contributed by atoms with Gasteiger partial charge in [-0.05, 0) is 45.6 Å². The molecular weight excluding hydrogens is 257 g/mol. The van der Waals surface area contributed by atoms with Crippen molar-refractivity contribution in [3.8, 4) is 0 Å². The summed E-state index contributed by atoms with van der Waals surface area (Å²) >= 11 is 0. The van der Waals surface area contributed by atoms with Gasteiger partial charge in [-0.3, -0.25) is 4.79 Å². The largest absolute Gasteiger partial charge is 0.391 e. The minimum Gasteiger partial charge on any atom is -0.341 e. The van der Waals surface area contributed by atoms with E-state index in [0.717, 1.165) is 25.8 Å². The highest BCUT2D eigenvalue weighted by molar-refractivity contribution is 5.86. The number of carbonyl (C=O) groups is 1. The fourth-order valence-corrected chi connectivity index (χ4v) is 3.00. The summed E-state index contributed by atoms with van der Waals surface area (Å²) in [6.07, 6.45) is -1.24. The Balaban J connectivity index is 1.92. The van der Waals surface area contributed by atoms with Crippen LogP contribution in [-0.4, -0.2) is 42.2 Å². The van der Waals surface area contributed by atoms with Crippen LogP contribution in [0.25, 0.3) is 0 Å². The number of piperidine rings is 2. The zero-order chi connectivity index (χ0) is 14.1. The third-order valence-electron chi connectivity index (χ3n) is 4.34. The SMILES string of the molecule is CC1(C(=O)N2CCC(C(F)(F)F)CC2)CCCCN1. The van der Waals surface area contributed by atoms with Gasteiger partial charge in [-0.2, -0.15) is 13.2 Å². The van der Waals surface area contributed by atoms with Crippen LogP contribution in [-0.2, 0) is 4.79 Å². The quantitative estimate of drug-likeness (QED) is 0.798. The molecule has 19 heavy (non-hydrogen) atoms. The van der Waals surface area contributed by atoms with Gasteiger partial charge in [0, 0.05) is 13.1 Å². The number of halogens is 3. The van der Waals surface area contributed by atoms with Crippen LogP contribution in [0.15, 0.2) is 0 Å². The van der Waals surface area contributed by atoms with Gasteiger partial charge in [0.2, 0.25) is 5.91 Å². The van der Waals surface area contributed by atoms with E-state index in [1.54, 1.807) is 4.90 Å². The summed E-state index contributed by atoms with van der Waals surface area (Å²) in [4.78, 5) is 14.0. The Morgan fingerprint density at radius 2 is 1.89 bits per heavy atom. The lowest BCUT2D eigenvalue weighted by molar-refractivity contribution is -0.187. The van der Waals surface area contributed by atoms with Crippen molar-refractivity contribution in [1.29, 1.82) is 0 Å². The number of alkyl halides is 3. The van der Waals surface area contributed by atoms with Crippen molar-refractivity contribution in [1.82, 2.24) is 10.2 Å². The Bertz CT molecular complexity index is 329. The first-order valence-corrected chi connectivity index (χ1v) is 6.94. The molecule has 3 nitrogen and oxygen atoms in total. The fourth-order valence-electron chi connectivity index (χ4n) is 3.00. The normalized spacial score (nSPS) is 30.4. The van der Waals surface area contributed by atoms with Gasteiger partial charge in [0.15, 0.2) is 0 Å². The third-order valence-corrected chi connectivity index (χ3v) is 4.34. The first-order chi connectivity index (χ1) is 8.83. The number of carbonyl (C=O) groups excluding carboxylic acids is 1. The van der Waals surface area contributed by atoms with Crippen molar-refractivity contribution in [3.63, 3.8) is 0 Å². The molecule has 0 aromatic rings. The van der Waals surface area contributed by atoms with Gasteiger partial charge >= 0.3 is 6.18 Å². The van der Waals surface area contributed by atoms with Gasteiger partial charge in [-0.1, -0.05) is 0 Å². The average Bonchev–Trinajstić information content (AvgIpc) is 2.38. The molecule has 0 bridgehead atoms. The summed E-state index contributed by atoms with van der Waals surface area (Å²) in [6.45, 7) is 3.12. The van der Waals surface area contributed by atoms with E-state index in [4.69, 9.17) is 0 Å². The molecular formula is C13H21F3N2O. The number of rotatable bonds is 1. The van der Waals surface area contributed by atoms with Crippen LogP contribution in [0.5, 0.6) is 0 Å². The van der Waals surface area contributed by atoms with Crippen molar-refractivity contribution >= 4 is 5.91 Å². The van der Waals surface area contributed by atoms with Gasteiger partial charge in [0.25, 0.3) is 0 Å². The summed E-state index contributed by atoms with van der Waals surface area (Å²) in [5.74, 6) is -1.28. The molecule has 2 heterocycles. The second-order valence-electron chi connectivity index (χ2n) is 5.82. The molecule has 1 atom stereocenters. The topological polar surface area (TPSA) is 32.3 Å². The van der Waals surface area contributed by atoms with Crippen molar-refractivity contribution in [2.24, 2.45) is 5.92 Å². The summed E-state index contributed by atoms with van der Waals surface area (Å²) in [5, 5.41) is 3.22. The minimum atomic E-state index is -4.12. The minimum absolute atomic E-state index is 0.0331. The van der Waals surface area contributed by atoms with Gasteiger partial charge in [-0.25, -0.2) is 0 Å². The Morgan fingerprint density at radius 3 is 2.37 bits per heavy atom. The number of likely N-dealkylation sites (tertiary alicyclic amines) is 1. The average molecular weight is 278 g/mol. The maximum atomic E-state index is 12.6. The highest BCUT2D eigenvalue weighted by atomic mass is 19.4. The third kappa shape index (κ3) is 3.22. The lowest BCUT2D eigenvalue weighted by Gasteiger charge is -2.41. The van der Waals surface area contributed by atoms with Crippen LogP contribution in [0.1, 0.15) is 39.0 Å². The van der Waals surface area contributed by atoms with Crippen LogP contribution in [0.4, 0.5) is 13.2 Å². The van der Waals surface area contributed by atoms with Crippen LogP contribution in [0, 0.1) is 5.92 Å². The Morgan fingerprint density at radius 1 is 1.26 bits per heavy atom. The van der Waals surface area contributed by atoms with Gasteiger partial charge in [0.05, 0.1) is 11.5 Å². The summed E-state index contributed by atoms with van der Waals surface area (Å²) in [5.41, 5.74) is -0.580. The summed E-state index contributed by atoms with van der Waals surface area (Å²) in [7, 11) is 0. The molecule has 0 aromatic carbocycles. The van der Waals surface area contributed by atoms with Crippen LogP contribution in [0.2, 0.25) is 0 Å². The molecule has 1 unspecified atom stereocenters. The molecule has 2 rings (SSSR count). The molecule has 0 aromatic heterocycles. The standard InChI is InChI=1S/C13H21F3N2O/c1-12(6-2-3-7-17-12)11(19)18-8-4-10(5-9-18)13(14,15)16/h10,17H,2-9H2,1H3. The van der Waals surface area contributed by atoms with E-state index in [-0.39, 0.29) is 31.8 Å². The second kappa shape index (κ2) is 5.31. The van der Waals surface area contributed by atoms with E-state index in [1.165, 1.54) is 0 Å². The van der Waals surface area contributed by atoms with Crippen LogP contribution >= 0.6 is 0 Å². The first-order valence-electron chi connectivity index (χ1n) is 6.94. The lowest BCUT2D eigenvalue weighted by Crippen LogP contribution is -2.59. The van der Waals surface area contributed by atoms with Crippen molar-refractivity contribution < 1.29 is 18.0 Å². The van der Waals surface area contributed by atoms with E-state index >= 15 is 0 Å².